The summed E-state index contributed by atoms with van der Waals surface area (Å²) in [6, 6.07) is 0. The molecule has 0 bridgehead atoms. The topological polar surface area (TPSA) is 26.0 Å². The van der Waals surface area contributed by atoms with Crippen LogP contribution >= 0.6 is 24.2 Å². The van der Waals surface area contributed by atoms with Crippen LogP contribution in [0.3, 0.4) is 0 Å². The Kier molecular flexibility index (Phi) is 11.4. The first-order valence-corrected chi connectivity index (χ1v) is 2.34. The summed E-state index contributed by atoms with van der Waals surface area (Å²) in [6.45, 7) is 0. The minimum absolute atomic E-state index is 0. The zero-order valence-corrected chi connectivity index (χ0v) is 10.5. The zero-order chi connectivity index (χ0) is 4.28. The number of rotatable bonds is 1. The van der Waals surface area contributed by atoms with Crippen LogP contribution in [0.4, 0.5) is 0 Å². The van der Waals surface area contributed by atoms with E-state index in [9.17, 15) is 0 Å². The number of thiol groups is 1. The molecule has 0 heterocycles. The average Bonchev–Trinajstić information content (AvgIpc) is 1.38. The van der Waals surface area contributed by atoms with Gasteiger partial charge in [-0.1, -0.05) is 0 Å². The molecule has 0 aliphatic rings. The Morgan fingerprint density at radius 1 is 1.83 bits per heavy atom. The van der Waals surface area contributed by atoms with Gasteiger partial charge in [-0.05, 0) is 0 Å². The van der Waals surface area contributed by atoms with Crippen molar-refractivity contribution in [3.63, 3.8) is 0 Å². The summed E-state index contributed by atoms with van der Waals surface area (Å²) in [4.78, 5) is 0. The van der Waals surface area contributed by atoms with Crippen molar-refractivity contribution in [2.45, 2.75) is 5.50 Å². The normalized spacial score (nSPS) is 12.5. The van der Waals surface area contributed by atoms with Crippen molar-refractivity contribution in [3.8, 4) is 0 Å². The van der Waals surface area contributed by atoms with Crippen LogP contribution in [-0.4, -0.2) is 11.3 Å². The molecule has 0 saturated carbocycles. The molecule has 1 nitrogen and oxygen atoms in total. The summed E-state index contributed by atoms with van der Waals surface area (Å²) in [5.74, 6) is 0.543. The third kappa shape index (κ3) is 9.11. The largest absolute Gasteiger partial charge is 0.315 e. The van der Waals surface area contributed by atoms with E-state index in [2.05, 4.69) is 12.6 Å². The molecule has 1 unspecified atom stereocenters. The molecule has 0 aromatic rings. The van der Waals surface area contributed by atoms with Crippen molar-refractivity contribution in [3.05, 3.63) is 0 Å². The minimum Gasteiger partial charge on any atom is -0.315 e. The van der Waals surface area contributed by atoms with Crippen LogP contribution in [0, 0.1) is 0 Å². The number of nitrogens with two attached hydrogens (primary N) is 1. The maximum Gasteiger partial charge on any atom is 0.0889 e. The van der Waals surface area contributed by atoms with Gasteiger partial charge in [0.15, 0.2) is 0 Å². The van der Waals surface area contributed by atoms with Gasteiger partial charge in [0.05, 0.1) is 5.50 Å². The summed E-state index contributed by atoms with van der Waals surface area (Å²) in [6.07, 6.45) is 0. The molecule has 0 radical (unpaired) electrons. The van der Waals surface area contributed by atoms with Crippen molar-refractivity contribution in [2.75, 3.05) is 5.75 Å². The second-order valence-corrected chi connectivity index (χ2v) is 1.62. The van der Waals surface area contributed by atoms with E-state index in [-0.39, 0.29) is 33.2 Å². The van der Waals surface area contributed by atoms with Crippen LogP contribution < -0.4 is 5.73 Å². The van der Waals surface area contributed by atoms with Crippen LogP contribution in [0.15, 0.2) is 0 Å². The third-order valence-corrected chi connectivity index (χ3v) is 0.937. The molecule has 0 aliphatic heterocycles. The standard InChI is InChI=1S/C2H6ClNS.Hg/c3-2(4)1-5;/h2,5H,1,4H2;. The summed E-state index contributed by atoms with van der Waals surface area (Å²) in [7, 11) is 0. The van der Waals surface area contributed by atoms with Gasteiger partial charge in [0.2, 0.25) is 0 Å². The van der Waals surface area contributed by atoms with E-state index < -0.39 is 0 Å². The van der Waals surface area contributed by atoms with Gasteiger partial charge >= 0.3 is 0 Å². The Bertz CT molecular complexity index is 27.5. The second-order valence-electron chi connectivity index (χ2n) is 0.699. The van der Waals surface area contributed by atoms with Crippen LogP contribution in [-0.2, 0) is 27.7 Å². The van der Waals surface area contributed by atoms with Crippen molar-refractivity contribution >= 4 is 24.2 Å². The first-order chi connectivity index (χ1) is 2.27. The Hall–Kier alpha value is 1.54. The van der Waals surface area contributed by atoms with Crippen molar-refractivity contribution in [1.29, 1.82) is 0 Å². The molecule has 0 spiro atoms. The molecule has 0 fully saturated rings. The van der Waals surface area contributed by atoms with E-state index in [1.165, 1.54) is 0 Å². The summed E-state index contributed by atoms with van der Waals surface area (Å²) in [5, 5.41) is 0. The predicted molar refractivity (Wildman–Crippen MR) is 27.7 cm³/mol. The molecule has 0 aromatic carbocycles. The van der Waals surface area contributed by atoms with E-state index >= 15 is 0 Å². The Morgan fingerprint density at radius 3 is 2.00 bits per heavy atom. The Labute approximate surface area is 68.5 Å². The van der Waals surface area contributed by atoms with E-state index in [1.807, 2.05) is 0 Å². The molecule has 0 aliphatic carbocycles. The van der Waals surface area contributed by atoms with Gasteiger partial charge in [-0.3, -0.25) is 0 Å². The zero-order valence-electron chi connectivity index (χ0n) is 3.39. The van der Waals surface area contributed by atoms with Crippen LogP contribution in [0.2, 0.25) is 0 Å². The minimum atomic E-state index is -0.279. The van der Waals surface area contributed by atoms with Gasteiger partial charge in [-0.15, -0.1) is 11.6 Å². The molecule has 0 amide bonds. The van der Waals surface area contributed by atoms with Gasteiger partial charge in [0.25, 0.3) is 0 Å². The predicted octanol–water partition coefficient (Wildman–Crippen LogP) is 0.437. The van der Waals surface area contributed by atoms with Crippen molar-refractivity contribution in [2.24, 2.45) is 5.73 Å². The maximum absolute atomic E-state index is 5.16. The van der Waals surface area contributed by atoms with E-state index in [0.717, 1.165) is 0 Å². The van der Waals surface area contributed by atoms with E-state index in [4.69, 9.17) is 17.3 Å². The molecule has 0 saturated heterocycles. The molecular weight excluding hydrogens is 306 g/mol. The first-order valence-electron chi connectivity index (χ1n) is 1.28. The van der Waals surface area contributed by atoms with Gasteiger partial charge in [0.1, 0.15) is 0 Å². The first kappa shape index (κ1) is 10.5. The van der Waals surface area contributed by atoms with E-state index in [0.29, 0.717) is 5.75 Å². The quantitative estimate of drug-likeness (QED) is 0.312. The molecule has 1 atom stereocenters. The third-order valence-electron chi connectivity index (χ3n) is 0.174. The molecule has 4 heteroatoms. The monoisotopic (exact) mass is 313 g/mol. The Morgan fingerprint density at radius 2 is 2.00 bits per heavy atom. The summed E-state index contributed by atoms with van der Waals surface area (Å²) in [5.41, 5.74) is 4.70. The number of hydrogen-bond acceptors (Lipinski definition) is 2. The van der Waals surface area contributed by atoms with Gasteiger partial charge < -0.3 is 5.73 Å². The molecule has 2 N–H and O–H groups in total. The molecule has 0 aromatic heterocycles. The fourth-order valence-corrected chi connectivity index (χ4v) is 0. The van der Waals surface area contributed by atoms with Crippen LogP contribution in [0.5, 0.6) is 0 Å². The number of alkyl halides is 1. The maximum atomic E-state index is 5.16. The Balaban J connectivity index is 0. The fraction of sp³-hybridized carbons (Fsp3) is 1.00. The number of halogens is 1. The molecule has 34 valence electrons. The number of hydrogen-bond donors (Lipinski definition) is 2. The smallest absolute Gasteiger partial charge is 0.0889 e. The average molecular weight is 312 g/mol. The molecule has 6 heavy (non-hydrogen) atoms. The second kappa shape index (κ2) is 6.54. The van der Waals surface area contributed by atoms with Crippen LogP contribution in [0.1, 0.15) is 0 Å². The van der Waals surface area contributed by atoms with Gasteiger partial charge in [0, 0.05) is 33.4 Å². The molecular formula is C2H6ClHgNS. The van der Waals surface area contributed by atoms with Crippen LogP contribution in [0.25, 0.3) is 0 Å². The summed E-state index contributed by atoms with van der Waals surface area (Å²) < 4.78 is 0. The van der Waals surface area contributed by atoms with Crippen molar-refractivity contribution < 1.29 is 27.7 Å². The van der Waals surface area contributed by atoms with Gasteiger partial charge in [-0.25, -0.2) is 0 Å². The molecule has 0 rings (SSSR count). The van der Waals surface area contributed by atoms with E-state index in [1.54, 1.807) is 0 Å². The van der Waals surface area contributed by atoms with Gasteiger partial charge in [-0.2, -0.15) is 12.6 Å². The van der Waals surface area contributed by atoms with Crippen molar-refractivity contribution in [1.82, 2.24) is 0 Å². The fourth-order valence-electron chi connectivity index (χ4n) is 0. The summed E-state index contributed by atoms with van der Waals surface area (Å²) >= 11 is 8.92. The SMILES string of the molecule is NC(Cl)CS.[Hg].